The molecule has 56 valence electrons. The lowest BCUT2D eigenvalue weighted by molar-refractivity contribution is -0.151. The minimum Gasteiger partial charge on any atom is -0.465 e. The molecule has 0 radical (unpaired) electrons. The summed E-state index contributed by atoms with van der Waals surface area (Å²) in [5, 5.41) is 0. The minimum absolute atomic E-state index is 0.0168. The Balaban J connectivity index is 2.03. The molecule has 0 unspecified atom stereocenters. The first-order chi connectivity index (χ1) is 4.86. The van der Waals surface area contributed by atoms with E-state index in [9.17, 15) is 4.79 Å². The molecule has 0 spiro atoms. The van der Waals surface area contributed by atoms with E-state index in [1.807, 2.05) is 0 Å². The van der Waals surface area contributed by atoms with E-state index in [4.69, 9.17) is 4.74 Å². The Morgan fingerprint density at radius 2 is 2.10 bits per heavy atom. The lowest BCUT2D eigenvalue weighted by atomic mass is 9.92. The maximum Gasteiger partial charge on any atom is 0.306 e. The van der Waals surface area contributed by atoms with Gasteiger partial charge in [0.1, 0.15) is 0 Å². The summed E-state index contributed by atoms with van der Waals surface area (Å²) in [6.45, 7) is 0.698. The Hall–Kier alpha value is -0.530. The summed E-state index contributed by atoms with van der Waals surface area (Å²) in [6, 6.07) is 0. The van der Waals surface area contributed by atoms with Crippen molar-refractivity contribution >= 4 is 5.97 Å². The topological polar surface area (TPSA) is 26.3 Å². The quantitative estimate of drug-likeness (QED) is 0.475. The van der Waals surface area contributed by atoms with Crippen LogP contribution in [0.1, 0.15) is 25.7 Å². The van der Waals surface area contributed by atoms with E-state index in [0.29, 0.717) is 24.9 Å². The van der Waals surface area contributed by atoms with E-state index in [0.717, 1.165) is 0 Å². The van der Waals surface area contributed by atoms with Crippen LogP contribution in [0.25, 0.3) is 0 Å². The van der Waals surface area contributed by atoms with Crippen molar-refractivity contribution in [2.75, 3.05) is 6.61 Å². The van der Waals surface area contributed by atoms with Gasteiger partial charge in [0.25, 0.3) is 0 Å². The molecule has 2 heteroatoms. The van der Waals surface area contributed by atoms with Crippen molar-refractivity contribution in [2.45, 2.75) is 25.7 Å². The van der Waals surface area contributed by atoms with Gasteiger partial charge in [0, 0.05) is 6.42 Å². The van der Waals surface area contributed by atoms with Gasteiger partial charge in [-0.1, -0.05) is 6.42 Å². The Labute approximate surface area is 60.6 Å². The van der Waals surface area contributed by atoms with Gasteiger partial charge in [-0.05, 0) is 24.7 Å². The summed E-state index contributed by atoms with van der Waals surface area (Å²) in [6.07, 6.45) is 4.51. The average Bonchev–Trinajstić information content (AvgIpc) is 2.33. The Morgan fingerprint density at radius 3 is 3.00 bits per heavy atom. The number of hydrogen-bond donors (Lipinski definition) is 0. The highest BCUT2D eigenvalue weighted by atomic mass is 16.5. The van der Waals surface area contributed by atoms with Gasteiger partial charge in [-0.2, -0.15) is 0 Å². The van der Waals surface area contributed by atoms with Crippen molar-refractivity contribution in [3.05, 3.63) is 0 Å². The van der Waals surface area contributed by atoms with Crippen LogP contribution in [0.5, 0.6) is 0 Å². The third-order valence-corrected chi connectivity index (χ3v) is 2.70. The lowest BCUT2D eigenvalue weighted by Gasteiger charge is -2.23. The zero-order chi connectivity index (χ0) is 6.97. The van der Waals surface area contributed by atoms with E-state index in [1.54, 1.807) is 0 Å². The molecule has 1 saturated carbocycles. The Bertz CT molecular complexity index is 153. The summed E-state index contributed by atoms with van der Waals surface area (Å²) in [4.78, 5) is 10.8. The van der Waals surface area contributed by atoms with Gasteiger partial charge in [0.15, 0.2) is 0 Å². The zero-order valence-electron chi connectivity index (χ0n) is 6.01. The third-order valence-electron chi connectivity index (χ3n) is 2.70. The van der Waals surface area contributed by atoms with Crippen molar-refractivity contribution in [2.24, 2.45) is 11.8 Å². The fourth-order valence-electron chi connectivity index (χ4n) is 2.07. The molecular formula is C8H12O2. The molecule has 2 fully saturated rings. The first-order valence-electron chi connectivity index (χ1n) is 4.02. The summed E-state index contributed by atoms with van der Waals surface area (Å²) in [5.41, 5.74) is 0. The molecular weight excluding hydrogens is 128 g/mol. The standard InChI is InChI=1S/C8H12O2/c9-8-4-6-2-1-3-7(6)5-10-8/h6-7H,1-5H2/t6-,7+/m1/s1. The maximum atomic E-state index is 10.8. The fraction of sp³-hybridized carbons (Fsp3) is 0.875. The predicted octanol–water partition coefficient (Wildman–Crippen LogP) is 1.35. The number of cyclic esters (lactones) is 1. The molecule has 1 aliphatic heterocycles. The molecule has 1 aliphatic carbocycles. The van der Waals surface area contributed by atoms with Crippen LogP contribution >= 0.6 is 0 Å². The molecule has 0 bridgehead atoms. The predicted molar refractivity (Wildman–Crippen MR) is 36.4 cm³/mol. The average molecular weight is 140 g/mol. The SMILES string of the molecule is O=C1C[C@H]2CCC[C@H]2CO1. The van der Waals surface area contributed by atoms with Crippen LogP contribution in [-0.2, 0) is 9.53 Å². The van der Waals surface area contributed by atoms with Gasteiger partial charge in [0.2, 0.25) is 0 Å². The second-order valence-corrected chi connectivity index (χ2v) is 3.34. The Morgan fingerprint density at radius 1 is 1.30 bits per heavy atom. The van der Waals surface area contributed by atoms with Crippen LogP contribution in [-0.4, -0.2) is 12.6 Å². The lowest BCUT2D eigenvalue weighted by Crippen LogP contribution is -2.26. The Kier molecular flexibility index (Phi) is 1.40. The highest BCUT2D eigenvalue weighted by Gasteiger charge is 2.33. The van der Waals surface area contributed by atoms with Crippen molar-refractivity contribution in [1.82, 2.24) is 0 Å². The molecule has 0 aromatic heterocycles. The number of carbonyl (C=O) groups excluding carboxylic acids is 1. The van der Waals surface area contributed by atoms with E-state index < -0.39 is 0 Å². The summed E-state index contributed by atoms with van der Waals surface area (Å²) < 4.78 is 4.95. The number of carbonyl (C=O) groups is 1. The van der Waals surface area contributed by atoms with Gasteiger partial charge in [-0.3, -0.25) is 4.79 Å². The molecule has 0 aromatic rings. The summed E-state index contributed by atoms with van der Waals surface area (Å²) in [7, 11) is 0. The van der Waals surface area contributed by atoms with E-state index in [1.165, 1.54) is 19.3 Å². The zero-order valence-corrected chi connectivity index (χ0v) is 6.01. The van der Waals surface area contributed by atoms with Crippen molar-refractivity contribution < 1.29 is 9.53 Å². The van der Waals surface area contributed by atoms with Gasteiger partial charge < -0.3 is 4.74 Å². The van der Waals surface area contributed by atoms with Crippen LogP contribution in [0.15, 0.2) is 0 Å². The first kappa shape index (κ1) is 6.20. The van der Waals surface area contributed by atoms with Crippen molar-refractivity contribution in [3.63, 3.8) is 0 Å². The molecule has 2 nitrogen and oxygen atoms in total. The van der Waals surface area contributed by atoms with Crippen LogP contribution in [0.3, 0.4) is 0 Å². The molecule has 0 amide bonds. The number of hydrogen-bond acceptors (Lipinski definition) is 2. The normalized spacial score (nSPS) is 39.0. The molecule has 10 heavy (non-hydrogen) atoms. The van der Waals surface area contributed by atoms with Crippen molar-refractivity contribution in [3.8, 4) is 0 Å². The third kappa shape index (κ3) is 0.917. The molecule has 2 aliphatic rings. The van der Waals surface area contributed by atoms with Gasteiger partial charge >= 0.3 is 5.97 Å². The summed E-state index contributed by atoms with van der Waals surface area (Å²) in [5.74, 6) is 1.39. The number of fused-ring (bicyclic) bond motifs is 1. The molecule has 1 saturated heterocycles. The van der Waals surface area contributed by atoms with Gasteiger partial charge in [-0.15, -0.1) is 0 Å². The fourth-order valence-corrected chi connectivity index (χ4v) is 2.07. The van der Waals surface area contributed by atoms with E-state index >= 15 is 0 Å². The molecule has 2 atom stereocenters. The second-order valence-electron chi connectivity index (χ2n) is 3.34. The van der Waals surface area contributed by atoms with Gasteiger partial charge in [-0.25, -0.2) is 0 Å². The monoisotopic (exact) mass is 140 g/mol. The van der Waals surface area contributed by atoms with E-state index in [2.05, 4.69) is 0 Å². The molecule has 0 aromatic carbocycles. The molecule has 2 rings (SSSR count). The summed E-state index contributed by atoms with van der Waals surface area (Å²) >= 11 is 0. The first-order valence-corrected chi connectivity index (χ1v) is 4.02. The van der Waals surface area contributed by atoms with Crippen LogP contribution in [0, 0.1) is 11.8 Å². The van der Waals surface area contributed by atoms with Crippen LogP contribution in [0.2, 0.25) is 0 Å². The van der Waals surface area contributed by atoms with E-state index in [-0.39, 0.29) is 5.97 Å². The van der Waals surface area contributed by atoms with Crippen LogP contribution in [0.4, 0.5) is 0 Å². The minimum atomic E-state index is 0.0168. The number of esters is 1. The largest absolute Gasteiger partial charge is 0.465 e. The molecule has 0 N–H and O–H groups in total. The van der Waals surface area contributed by atoms with Gasteiger partial charge in [0.05, 0.1) is 6.61 Å². The highest BCUT2D eigenvalue weighted by Crippen LogP contribution is 2.36. The second kappa shape index (κ2) is 2.26. The number of rotatable bonds is 0. The smallest absolute Gasteiger partial charge is 0.306 e. The van der Waals surface area contributed by atoms with Crippen LogP contribution < -0.4 is 0 Å². The highest BCUT2D eigenvalue weighted by molar-refractivity contribution is 5.70. The van der Waals surface area contributed by atoms with Crippen molar-refractivity contribution in [1.29, 1.82) is 0 Å². The number of ether oxygens (including phenoxy) is 1. The maximum absolute atomic E-state index is 10.8. The molecule has 1 heterocycles.